The molecule has 2 N–H and O–H groups in total. The Kier molecular flexibility index (Phi) is 9.25. The van der Waals surface area contributed by atoms with Gasteiger partial charge in [-0.3, -0.25) is 14.9 Å². The van der Waals surface area contributed by atoms with Gasteiger partial charge in [-0.2, -0.15) is 9.78 Å². The molecule has 0 spiro atoms. The highest BCUT2D eigenvalue weighted by Gasteiger charge is 2.28. The van der Waals surface area contributed by atoms with Crippen LogP contribution in [0.25, 0.3) is 5.69 Å². The number of aromatic nitrogens is 2. The summed E-state index contributed by atoms with van der Waals surface area (Å²) in [5.74, 6) is 0.0182. The highest BCUT2D eigenvalue weighted by atomic mass is 32.2. The van der Waals surface area contributed by atoms with E-state index in [4.69, 9.17) is 14.2 Å². The summed E-state index contributed by atoms with van der Waals surface area (Å²) in [5, 5.41) is 18.8. The Morgan fingerprint density at radius 2 is 1.98 bits per heavy atom. The van der Waals surface area contributed by atoms with Gasteiger partial charge < -0.3 is 19.5 Å². The summed E-state index contributed by atoms with van der Waals surface area (Å²) in [6.45, 7) is 6.36. The molecule has 41 heavy (non-hydrogen) atoms. The minimum Gasteiger partial charge on any atom is -0.497 e. The topological polar surface area (TPSA) is 164 Å². The predicted octanol–water partition coefficient (Wildman–Crippen LogP) is 3.73. The van der Waals surface area contributed by atoms with E-state index in [2.05, 4.69) is 15.1 Å². The second kappa shape index (κ2) is 12.7. The first kappa shape index (κ1) is 30.0. The average molecular weight is 588 g/mol. The summed E-state index contributed by atoms with van der Waals surface area (Å²) >= 11 is 0. The van der Waals surface area contributed by atoms with Crippen molar-refractivity contribution in [2.24, 2.45) is 5.92 Å². The van der Waals surface area contributed by atoms with Crippen molar-refractivity contribution in [3.8, 4) is 23.1 Å². The standard InChI is InChI=1S/C27H33N5O8S/c1-17(2)15-29-41(36,37)24-14-20(32(34)35)9-12-23(24)40-27-18(3)25(26(33)28-16-22-6-5-13-39-22)30-31(27)19-7-10-21(38-4)11-8-19/h7-12,14,17,22,29H,5-6,13,15-16H2,1-4H3,(H,28,33)/t22-/m1/s1. The van der Waals surface area contributed by atoms with Gasteiger partial charge in [-0.15, -0.1) is 0 Å². The van der Waals surface area contributed by atoms with Gasteiger partial charge in [0.05, 0.1) is 23.8 Å². The van der Waals surface area contributed by atoms with Crippen LogP contribution in [0, 0.1) is 23.0 Å². The Morgan fingerprint density at radius 3 is 2.59 bits per heavy atom. The van der Waals surface area contributed by atoms with Crippen LogP contribution >= 0.6 is 0 Å². The zero-order chi connectivity index (χ0) is 29.7. The molecule has 0 saturated carbocycles. The number of rotatable bonds is 12. The number of sulfonamides is 1. The smallest absolute Gasteiger partial charge is 0.272 e. The van der Waals surface area contributed by atoms with E-state index in [9.17, 15) is 23.3 Å². The number of ether oxygens (including phenoxy) is 3. The second-order valence-electron chi connectivity index (χ2n) is 9.97. The highest BCUT2D eigenvalue weighted by Crippen LogP contribution is 2.36. The molecule has 1 atom stereocenters. The first-order valence-electron chi connectivity index (χ1n) is 13.1. The number of methoxy groups -OCH3 is 1. The van der Waals surface area contributed by atoms with Crippen molar-refractivity contribution in [3.05, 3.63) is 63.8 Å². The summed E-state index contributed by atoms with van der Waals surface area (Å²) in [4.78, 5) is 23.5. The molecule has 0 radical (unpaired) electrons. The lowest BCUT2D eigenvalue weighted by atomic mass is 10.2. The number of hydrogen-bond acceptors (Lipinski definition) is 9. The molecule has 1 aliphatic heterocycles. The van der Waals surface area contributed by atoms with Crippen molar-refractivity contribution >= 4 is 21.6 Å². The lowest BCUT2D eigenvalue weighted by Gasteiger charge is -2.15. The number of carbonyl (C=O) groups excluding carboxylic acids is 1. The molecule has 4 rings (SSSR count). The first-order valence-corrected chi connectivity index (χ1v) is 14.6. The second-order valence-corrected chi connectivity index (χ2v) is 11.7. The van der Waals surface area contributed by atoms with E-state index in [0.717, 1.165) is 25.0 Å². The Bertz CT molecular complexity index is 1510. The molecule has 3 aromatic rings. The molecule has 0 unspecified atom stereocenters. The fraction of sp³-hybridized carbons (Fsp3) is 0.407. The number of non-ortho nitro benzene ring substituents is 1. The lowest BCUT2D eigenvalue weighted by Crippen LogP contribution is -2.32. The molecular weight excluding hydrogens is 554 g/mol. The first-order chi connectivity index (χ1) is 19.5. The number of nitro groups is 1. The van der Waals surface area contributed by atoms with E-state index in [1.165, 1.54) is 17.9 Å². The molecule has 1 saturated heterocycles. The zero-order valence-electron chi connectivity index (χ0n) is 23.2. The number of hydrogen-bond donors (Lipinski definition) is 2. The van der Waals surface area contributed by atoms with Gasteiger partial charge >= 0.3 is 0 Å². The van der Waals surface area contributed by atoms with E-state index in [1.54, 1.807) is 31.2 Å². The van der Waals surface area contributed by atoms with Crippen LogP contribution < -0.4 is 19.5 Å². The van der Waals surface area contributed by atoms with E-state index in [-0.39, 0.29) is 35.9 Å². The summed E-state index contributed by atoms with van der Waals surface area (Å²) in [6, 6.07) is 10.1. The van der Waals surface area contributed by atoms with Crippen LogP contribution in [0.1, 0.15) is 42.7 Å². The normalized spacial score (nSPS) is 15.2. The molecule has 1 amide bonds. The molecule has 220 valence electrons. The minimum absolute atomic E-state index is 0.0118. The van der Waals surface area contributed by atoms with Gasteiger partial charge in [0.2, 0.25) is 15.9 Å². The van der Waals surface area contributed by atoms with Crippen LogP contribution in [0.15, 0.2) is 47.4 Å². The third-order valence-corrected chi connectivity index (χ3v) is 7.88. The number of benzene rings is 2. The van der Waals surface area contributed by atoms with Crippen molar-refractivity contribution in [1.82, 2.24) is 19.8 Å². The Morgan fingerprint density at radius 1 is 1.24 bits per heavy atom. The quantitative estimate of drug-likeness (QED) is 0.237. The van der Waals surface area contributed by atoms with Crippen LogP contribution in [-0.2, 0) is 14.8 Å². The van der Waals surface area contributed by atoms with E-state index in [0.29, 0.717) is 30.2 Å². The van der Waals surface area contributed by atoms with E-state index >= 15 is 0 Å². The lowest BCUT2D eigenvalue weighted by molar-refractivity contribution is -0.385. The number of carbonyl (C=O) groups is 1. The van der Waals surface area contributed by atoms with Crippen LogP contribution in [0.3, 0.4) is 0 Å². The molecule has 1 aromatic heterocycles. The SMILES string of the molecule is COc1ccc(-n2nc(C(=O)NC[C@H]3CCCO3)c(C)c2Oc2ccc([N+](=O)[O-])cc2S(=O)(=O)NCC(C)C)cc1. The molecule has 0 aliphatic carbocycles. The fourth-order valence-electron chi connectivity index (χ4n) is 4.17. The maximum atomic E-state index is 13.2. The molecule has 1 aliphatic rings. The maximum Gasteiger partial charge on any atom is 0.272 e. The molecular formula is C27H33N5O8S. The number of nitrogens with one attached hydrogen (secondary N) is 2. The van der Waals surface area contributed by atoms with Crippen LogP contribution in [0.4, 0.5) is 5.69 Å². The van der Waals surface area contributed by atoms with Gasteiger partial charge in [0.15, 0.2) is 5.69 Å². The van der Waals surface area contributed by atoms with Crippen molar-refractivity contribution in [3.63, 3.8) is 0 Å². The molecule has 2 aromatic carbocycles. The van der Waals surface area contributed by atoms with Gasteiger partial charge in [0, 0.05) is 37.4 Å². The van der Waals surface area contributed by atoms with Gasteiger partial charge in [-0.25, -0.2) is 13.1 Å². The molecule has 14 heteroatoms. The number of nitro benzene ring substituents is 1. The molecule has 1 fully saturated rings. The van der Waals surface area contributed by atoms with E-state index < -0.39 is 31.4 Å². The van der Waals surface area contributed by atoms with Crippen molar-refractivity contribution in [2.75, 3.05) is 26.8 Å². The maximum absolute atomic E-state index is 13.2. The Balaban J connectivity index is 1.78. The summed E-state index contributed by atoms with van der Waals surface area (Å²) < 4.78 is 47.3. The van der Waals surface area contributed by atoms with Crippen molar-refractivity contribution < 1.29 is 32.3 Å². The zero-order valence-corrected chi connectivity index (χ0v) is 24.1. The van der Waals surface area contributed by atoms with E-state index in [1.807, 2.05) is 13.8 Å². The summed E-state index contributed by atoms with van der Waals surface area (Å²) in [5.41, 5.74) is 0.490. The minimum atomic E-state index is -4.21. The van der Waals surface area contributed by atoms with Gasteiger partial charge in [0.1, 0.15) is 16.4 Å². The number of nitrogens with zero attached hydrogens (tertiary/aromatic N) is 3. The van der Waals surface area contributed by atoms with Crippen LogP contribution in [0.5, 0.6) is 17.4 Å². The van der Waals surface area contributed by atoms with Gasteiger partial charge in [-0.1, -0.05) is 13.8 Å². The summed E-state index contributed by atoms with van der Waals surface area (Å²) in [6.07, 6.45) is 1.69. The molecule has 2 heterocycles. The van der Waals surface area contributed by atoms with Crippen molar-refractivity contribution in [1.29, 1.82) is 0 Å². The molecule has 13 nitrogen and oxygen atoms in total. The van der Waals surface area contributed by atoms with Crippen LogP contribution in [-0.4, -0.2) is 61.9 Å². The highest BCUT2D eigenvalue weighted by molar-refractivity contribution is 7.89. The third-order valence-electron chi connectivity index (χ3n) is 6.43. The van der Waals surface area contributed by atoms with Gasteiger partial charge in [0.25, 0.3) is 11.6 Å². The average Bonchev–Trinajstić information content (AvgIpc) is 3.59. The Hall–Kier alpha value is -4.01. The molecule has 0 bridgehead atoms. The number of amides is 1. The van der Waals surface area contributed by atoms with Crippen LogP contribution in [0.2, 0.25) is 0 Å². The summed E-state index contributed by atoms with van der Waals surface area (Å²) in [7, 11) is -2.68. The largest absolute Gasteiger partial charge is 0.497 e. The fourth-order valence-corrected chi connectivity index (χ4v) is 5.53. The third kappa shape index (κ3) is 7.01. The predicted molar refractivity (Wildman–Crippen MR) is 149 cm³/mol. The van der Waals surface area contributed by atoms with Gasteiger partial charge in [-0.05, 0) is 56.0 Å². The Labute approximate surface area is 238 Å². The monoisotopic (exact) mass is 587 g/mol. The van der Waals surface area contributed by atoms with Crippen molar-refractivity contribution in [2.45, 2.75) is 44.6 Å².